The molecule has 22 heavy (non-hydrogen) atoms. The van der Waals surface area contributed by atoms with Gasteiger partial charge in [0.05, 0.1) is 17.5 Å². The highest BCUT2D eigenvalue weighted by Gasteiger charge is 2.17. The standard InChI is InChI=1S/C16H18FN5/c1-4-10-6-5-7-11(17)15(10)22(3)13-8-12-14(16(18)20-13)19-9-21(12)2/h5-9H,4H2,1-3H3,(H2,18,20). The van der Waals surface area contributed by atoms with Crippen LogP contribution in [0.15, 0.2) is 30.6 Å². The van der Waals surface area contributed by atoms with Crippen molar-refractivity contribution in [2.75, 3.05) is 17.7 Å². The molecule has 0 aliphatic heterocycles. The van der Waals surface area contributed by atoms with Crippen molar-refractivity contribution in [3.8, 4) is 0 Å². The van der Waals surface area contributed by atoms with E-state index in [1.807, 2.05) is 30.7 Å². The number of pyridine rings is 1. The predicted molar refractivity (Wildman–Crippen MR) is 86.8 cm³/mol. The fraction of sp³-hybridized carbons (Fsp3) is 0.250. The molecule has 0 bridgehead atoms. The number of hydrogen-bond acceptors (Lipinski definition) is 4. The molecule has 0 atom stereocenters. The molecule has 3 aromatic rings. The molecule has 3 rings (SSSR count). The fourth-order valence-electron chi connectivity index (χ4n) is 2.65. The molecular weight excluding hydrogens is 281 g/mol. The largest absolute Gasteiger partial charge is 0.382 e. The van der Waals surface area contributed by atoms with E-state index in [1.54, 1.807) is 24.3 Å². The number of para-hydroxylation sites is 1. The molecule has 0 spiro atoms. The van der Waals surface area contributed by atoms with Crippen LogP contribution < -0.4 is 10.6 Å². The van der Waals surface area contributed by atoms with Crippen molar-refractivity contribution in [2.45, 2.75) is 13.3 Å². The Kier molecular flexibility index (Phi) is 3.44. The molecular formula is C16H18FN5. The second-order valence-corrected chi connectivity index (χ2v) is 5.25. The van der Waals surface area contributed by atoms with Crippen molar-refractivity contribution in [1.29, 1.82) is 0 Å². The van der Waals surface area contributed by atoms with Crippen molar-refractivity contribution in [3.63, 3.8) is 0 Å². The first-order chi connectivity index (χ1) is 10.5. The molecule has 2 N–H and O–H groups in total. The minimum absolute atomic E-state index is 0.271. The van der Waals surface area contributed by atoms with Gasteiger partial charge >= 0.3 is 0 Å². The van der Waals surface area contributed by atoms with Gasteiger partial charge in [-0.15, -0.1) is 0 Å². The minimum Gasteiger partial charge on any atom is -0.382 e. The van der Waals surface area contributed by atoms with E-state index in [1.165, 1.54) is 6.07 Å². The summed E-state index contributed by atoms with van der Waals surface area (Å²) < 4.78 is 16.2. The van der Waals surface area contributed by atoms with Crippen molar-refractivity contribution < 1.29 is 4.39 Å². The van der Waals surface area contributed by atoms with Crippen LogP contribution >= 0.6 is 0 Å². The Morgan fingerprint density at radius 1 is 1.36 bits per heavy atom. The summed E-state index contributed by atoms with van der Waals surface area (Å²) in [6.07, 6.45) is 2.42. The van der Waals surface area contributed by atoms with Crippen molar-refractivity contribution in [3.05, 3.63) is 42.0 Å². The highest BCUT2D eigenvalue weighted by atomic mass is 19.1. The van der Waals surface area contributed by atoms with Crippen LogP contribution in [0.3, 0.4) is 0 Å². The monoisotopic (exact) mass is 299 g/mol. The average molecular weight is 299 g/mol. The number of benzene rings is 1. The van der Waals surface area contributed by atoms with Gasteiger partial charge in [-0.25, -0.2) is 14.4 Å². The molecule has 0 aliphatic carbocycles. The highest BCUT2D eigenvalue weighted by Crippen LogP contribution is 2.31. The van der Waals surface area contributed by atoms with Gasteiger partial charge in [-0.3, -0.25) is 0 Å². The van der Waals surface area contributed by atoms with Gasteiger partial charge < -0.3 is 15.2 Å². The van der Waals surface area contributed by atoms with Crippen LogP contribution in [0.4, 0.5) is 21.7 Å². The maximum atomic E-state index is 14.3. The number of rotatable bonds is 3. The number of halogens is 1. The predicted octanol–water partition coefficient (Wildman–Crippen LogP) is 3.02. The van der Waals surface area contributed by atoms with E-state index in [4.69, 9.17) is 5.73 Å². The lowest BCUT2D eigenvalue weighted by Gasteiger charge is -2.22. The lowest BCUT2D eigenvalue weighted by molar-refractivity contribution is 0.625. The summed E-state index contributed by atoms with van der Waals surface area (Å²) in [5, 5.41) is 0. The van der Waals surface area contributed by atoms with E-state index < -0.39 is 0 Å². The van der Waals surface area contributed by atoms with Gasteiger partial charge in [0.2, 0.25) is 0 Å². The Morgan fingerprint density at radius 3 is 2.86 bits per heavy atom. The Hall–Kier alpha value is -2.63. The Bertz CT molecular complexity index is 840. The molecule has 6 heteroatoms. The summed E-state index contributed by atoms with van der Waals surface area (Å²) >= 11 is 0. The van der Waals surface area contributed by atoms with Crippen molar-refractivity contribution >= 4 is 28.4 Å². The van der Waals surface area contributed by atoms with Gasteiger partial charge in [-0.1, -0.05) is 19.1 Å². The SMILES string of the molecule is CCc1cccc(F)c1N(C)c1cc2c(ncn2C)c(N)n1. The van der Waals surface area contributed by atoms with Gasteiger partial charge in [-0.2, -0.15) is 0 Å². The number of nitrogens with zero attached hydrogens (tertiary/aromatic N) is 4. The molecule has 5 nitrogen and oxygen atoms in total. The summed E-state index contributed by atoms with van der Waals surface area (Å²) in [7, 11) is 3.68. The van der Waals surface area contributed by atoms with Crippen molar-refractivity contribution in [1.82, 2.24) is 14.5 Å². The number of imidazole rings is 1. The zero-order chi connectivity index (χ0) is 15.9. The Labute approximate surface area is 128 Å². The van der Waals surface area contributed by atoms with Gasteiger partial charge in [0.15, 0.2) is 5.82 Å². The molecule has 0 fully saturated rings. The smallest absolute Gasteiger partial charge is 0.154 e. The fourth-order valence-corrected chi connectivity index (χ4v) is 2.65. The van der Waals surface area contributed by atoms with Crippen LogP contribution in [-0.4, -0.2) is 21.6 Å². The third-order valence-corrected chi connectivity index (χ3v) is 3.86. The molecule has 0 unspecified atom stereocenters. The van der Waals surface area contributed by atoms with Gasteiger partial charge in [0, 0.05) is 20.2 Å². The lowest BCUT2D eigenvalue weighted by Crippen LogP contribution is -2.16. The molecule has 0 radical (unpaired) electrons. The van der Waals surface area contributed by atoms with Gasteiger partial charge in [0.25, 0.3) is 0 Å². The molecule has 0 amide bonds. The molecule has 2 aromatic heterocycles. The first-order valence-corrected chi connectivity index (χ1v) is 7.11. The first kappa shape index (κ1) is 14.3. The zero-order valence-corrected chi connectivity index (χ0v) is 12.8. The number of anilines is 3. The topological polar surface area (TPSA) is 60.0 Å². The highest BCUT2D eigenvalue weighted by molar-refractivity contribution is 5.88. The molecule has 1 aromatic carbocycles. The van der Waals surface area contributed by atoms with Gasteiger partial charge in [-0.05, 0) is 18.1 Å². The number of nitrogens with two attached hydrogens (primary N) is 1. The van der Waals surface area contributed by atoms with E-state index in [2.05, 4.69) is 9.97 Å². The number of nitrogen functional groups attached to an aromatic ring is 1. The second kappa shape index (κ2) is 5.29. The molecule has 2 heterocycles. The molecule has 114 valence electrons. The van der Waals surface area contributed by atoms with E-state index >= 15 is 0 Å². The number of aryl methyl sites for hydroxylation is 2. The van der Waals surface area contributed by atoms with Crippen LogP contribution in [0.1, 0.15) is 12.5 Å². The van der Waals surface area contributed by atoms with E-state index in [0.717, 1.165) is 17.5 Å². The van der Waals surface area contributed by atoms with Crippen LogP contribution in [-0.2, 0) is 13.5 Å². The first-order valence-electron chi connectivity index (χ1n) is 7.11. The third kappa shape index (κ3) is 2.16. The van der Waals surface area contributed by atoms with Crippen LogP contribution in [0, 0.1) is 5.82 Å². The number of hydrogen-bond donors (Lipinski definition) is 1. The normalized spacial score (nSPS) is 11.1. The average Bonchev–Trinajstić information content (AvgIpc) is 2.88. The van der Waals surface area contributed by atoms with E-state index in [-0.39, 0.29) is 5.82 Å². The van der Waals surface area contributed by atoms with Crippen LogP contribution in [0.5, 0.6) is 0 Å². The second-order valence-electron chi connectivity index (χ2n) is 5.25. The summed E-state index contributed by atoms with van der Waals surface area (Å²) in [6.45, 7) is 2.00. The van der Waals surface area contributed by atoms with Crippen LogP contribution in [0.2, 0.25) is 0 Å². The molecule has 0 saturated carbocycles. The van der Waals surface area contributed by atoms with Gasteiger partial charge in [0.1, 0.15) is 17.2 Å². The Morgan fingerprint density at radius 2 is 2.14 bits per heavy atom. The maximum absolute atomic E-state index is 14.3. The third-order valence-electron chi connectivity index (χ3n) is 3.86. The van der Waals surface area contributed by atoms with E-state index in [0.29, 0.717) is 22.8 Å². The zero-order valence-electron chi connectivity index (χ0n) is 12.8. The summed E-state index contributed by atoms with van der Waals surface area (Å²) in [5.74, 6) is 0.662. The number of aromatic nitrogens is 3. The van der Waals surface area contributed by atoms with Crippen LogP contribution in [0.25, 0.3) is 11.0 Å². The van der Waals surface area contributed by atoms with E-state index in [9.17, 15) is 4.39 Å². The Balaban J connectivity index is 2.17. The summed E-state index contributed by atoms with van der Waals surface area (Å²) in [4.78, 5) is 10.3. The molecule has 0 saturated heterocycles. The maximum Gasteiger partial charge on any atom is 0.154 e. The van der Waals surface area contributed by atoms with Crippen molar-refractivity contribution in [2.24, 2.45) is 7.05 Å². The summed E-state index contributed by atoms with van der Waals surface area (Å²) in [5.41, 5.74) is 8.96. The number of fused-ring (bicyclic) bond motifs is 1. The lowest BCUT2D eigenvalue weighted by atomic mass is 10.1. The summed E-state index contributed by atoms with van der Waals surface area (Å²) in [6, 6.07) is 6.96. The molecule has 0 aliphatic rings. The quantitative estimate of drug-likeness (QED) is 0.807. The minimum atomic E-state index is -0.271.